The van der Waals surface area contributed by atoms with Gasteiger partial charge in [-0.05, 0) is 30.9 Å². The van der Waals surface area contributed by atoms with Crippen LogP contribution in [0.3, 0.4) is 0 Å². The van der Waals surface area contributed by atoms with E-state index in [1.165, 1.54) is 0 Å². The Morgan fingerprint density at radius 2 is 2.28 bits per heavy atom. The molecule has 1 saturated heterocycles. The number of nitrogens with one attached hydrogen (secondary N) is 2. The highest BCUT2D eigenvalue weighted by Crippen LogP contribution is 2.26. The van der Waals surface area contributed by atoms with Crippen molar-refractivity contribution in [2.45, 2.75) is 19.3 Å². The van der Waals surface area contributed by atoms with E-state index in [1.54, 1.807) is 19.4 Å². The van der Waals surface area contributed by atoms with Crippen molar-refractivity contribution < 1.29 is 9.53 Å². The minimum atomic E-state index is -0.214. The lowest BCUT2D eigenvalue weighted by Crippen LogP contribution is -2.37. The number of carbonyl (C=O) groups excluding carboxylic acids is 1. The van der Waals surface area contributed by atoms with Crippen LogP contribution in [0.2, 0.25) is 0 Å². The van der Waals surface area contributed by atoms with E-state index >= 15 is 0 Å². The largest absolute Gasteiger partial charge is 0.495 e. The fourth-order valence-electron chi connectivity index (χ4n) is 3.22. The summed E-state index contributed by atoms with van der Waals surface area (Å²) in [4.78, 5) is 25.9. The minimum Gasteiger partial charge on any atom is -0.495 e. The molecule has 2 aromatic rings. The van der Waals surface area contributed by atoms with Gasteiger partial charge in [-0.25, -0.2) is 5.10 Å². The van der Waals surface area contributed by atoms with Gasteiger partial charge in [0.25, 0.3) is 5.56 Å². The van der Waals surface area contributed by atoms with Crippen molar-refractivity contribution in [3.05, 3.63) is 46.9 Å². The van der Waals surface area contributed by atoms with Crippen molar-refractivity contribution in [1.29, 1.82) is 0 Å². The topological polar surface area (TPSA) is 87.3 Å². The summed E-state index contributed by atoms with van der Waals surface area (Å²) in [6.07, 6.45) is 4.07. The molecular weight excluding hydrogens is 320 g/mol. The lowest BCUT2D eigenvalue weighted by atomic mass is 9.94. The molecule has 0 radical (unpaired) electrons. The first-order valence-electron chi connectivity index (χ1n) is 8.38. The summed E-state index contributed by atoms with van der Waals surface area (Å²) in [7, 11) is 1.58. The number of aromatic nitrogens is 2. The normalized spacial score (nSPS) is 17.2. The van der Waals surface area contributed by atoms with Crippen LogP contribution in [0.1, 0.15) is 19.3 Å². The Bertz CT molecular complexity index is 790. The quantitative estimate of drug-likeness (QED) is 0.868. The molecule has 1 atom stereocenters. The highest BCUT2D eigenvalue weighted by atomic mass is 16.5. The molecule has 7 nitrogen and oxygen atoms in total. The molecule has 1 amide bonds. The van der Waals surface area contributed by atoms with E-state index in [4.69, 9.17) is 4.74 Å². The Labute approximate surface area is 146 Å². The van der Waals surface area contributed by atoms with Gasteiger partial charge in [0.15, 0.2) is 0 Å². The maximum atomic E-state index is 12.4. The van der Waals surface area contributed by atoms with E-state index in [-0.39, 0.29) is 17.4 Å². The molecule has 1 unspecified atom stereocenters. The third-order valence-corrected chi connectivity index (χ3v) is 4.39. The van der Waals surface area contributed by atoms with Crippen LogP contribution in [0.15, 0.2) is 41.3 Å². The first kappa shape index (κ1) is 17.0. The fourth-order valence-corrected chi connectivity index (χ4v) is 3.22. The number of nitrogens with zero attached hydrogens (tertiary/aromatic N) is 2. The van der Waals surface area contributed by atoms with Crippen molar-refractivity contribution >= 4 is 17.3 Å². The van der Waals surface area contributed by atoms with Crippen molar-refractivity contribution in [3.63, 3.8) is 0 Å². The van der Waals surface area contributed by atoms with Gasteiger partial charge < -0.3 is 15.0 Å². The number of hydrogen-bond donors (Lipinski definition) is 2. The molecule has 2 N–H and O–H groups in total. The van der Waals surface area contributed by atoms with Gasteiger partial charge in [-0.2, -0.15) is 5.10 Å². The molecule has 0 bridgehead atoms. The second kappa shape index (κ2) is 7.83. The van der Waals surface area contributed by atoms with Crippen LogP contribution in [0.5, 0.6) is 5.75 Å². The zero-order valence-electron chi connectivity index (χ0n) is 14.2. The summed E-state index contributed by atoms with van der Waals surface area (Å²) < 4.78 is 5.26. The Morgan fingerprint density at radius 1 is 1.44 bits per heavy atom. The minimum absolute atomic E-state index is 0.0274. The second-order valence-corrected chi connectivity index (χ2v) is 6.21. The number of carbonyl (C=O) groups is 1. The molecule has 0 saturated carbocycles. The number of amides is 1. The number of anilines is 2. The average Bonchev–Trinajstić information content (AvgIpc) is 2.62. The lowest BCUT2D eigenvalue weighted by molar-refractivity contribution is -0.117. The van der Waals surface area contributed by atoms with Crippen molar-refractivity contribution in [1.82, 2.24) is 10.2 Å². The van der Waals surface area contributed by atoms with E-state index in [0.29, 0.717) is 17.9 Å². The SMILES string of the molecule is COc1ccccc1NC(=O)CC1CCCN(c2cn[nH]c(=O)c2)C1. The van der Waals surface area contributed by atoms with E-state index < -0.39 is 0 Å². The molecule has 1 aromatic carbocycles. The molecule has 132 valence electrons. The maximum absolute atomic E-state index is 12.4. The van der Waals surface area contributed by atoms with Crippen LogP contribution in [0.25, 0.3) is 0 Å². The van der Waals surface area contributed by atoms with Crippen molar-refractivity contribution in [2.24, 2.45) is 5.92 Å². The van der Waals surface area contributed by atoms with Crippen LogP contribution in [0.4, 0.5) is 11.4 Å². The second-order valence-electron chi connectivity index (χ2n) is 6.21. The molecule has 2 heterocycles. The van der Waals surface area contributed by atoms with E-state index in [9.17, 15) is 9.59 Å². The maximum Gasteiger partial charge on any atom is 0.266 e. The fraction of sp³-hybridized carbons (Fsp3) is 0.389. The highest BCUT2D eigenvalue weighted by molar-refractivity contribution is 5.92. The number of H-pyrrole nitrogens is 1. The third-order valence-electron chi connectivity index (χ3n) is 4.39. The highest BCUT2D eigenvalue weighted by Gasteiger charge is 2.23. The number of benzene rings is 1. The number of para-hydroxylation sites is 2. The molecule has 0 aliphatic carbocycles. The molecule has 1 aliphatic rings. The van der Waals surface area contributed by atoms with Gasteiger partial charge in [-0.3, -0.25) is 9.59 Å². The van der Waals surface area contributed by atoms with Crippen LogP contribution < -0.4 is 20.5 Å². The van der Waals surface area contributed by atoms with E-state index in [2.05, 4.69) is 20.4 Å². The zero-order valence-corrected chi connectivity index (χ0v) is 14.2. The van der Waals surface area contributed by atoms with Crippen LogP contribution in [-0.2, 0) is 4.79 Å². The van der Waals surface area contributed by atoms with Crippen LogP contribution in [0, 0.1) is 5.92 Å². The lowest BCUT2D eigenvalue weighted by Gasteiger charge is -2.33. The summed E-state index contributed by atoms with van der Waals surface area (Å²) in [5.41, 5.74) is 1.27. The monoisotopic (exact) mass is 342 g/mol. The number of hydrogen-bond acceptors (Lipinski definition) is 5. The van der Waals surface area contributed by atoms with Gasteiger partial charge in [0.05, 0.1) is 24.7 Å². The standard InChI is InChI=1S/C18H22N4O3/c1-25-16-7-3-2-6-15(16)20-17(23)9-13-5-4-8-22(12-13)14-10-18(24)21-19-11-14/h2-3,6-7,10-11,13H,4-5,8-9,12H2,1H3,(H,20,23)(H,21,24). The average molecular weight is 342 g/mol. The molecule has 1 aliphatic heterocycles. The first-order valence-corrected chi connectivity index (χ1v) is 8.38. The Hall–Kier alpha value is -2.83. The summed E-state index contributed by atoms with van der Waals surface area (Å²) in [5.74, 6) is 0.860. The Balaban J connectivity index is 1.60. The smallest absolute Gasteiger partial charge is 0.266 e. The molecule has 7 heteroatoms. The molecule has 1 fully saturated rings. The van der Waals surface area contributed by atoms with E-state index in [0.717, 1.165) is 31.6 Å². The summed E-state index contributed by atoms with van der Waals surface area (Å²) >= 11 is 0. The Morgan fingerprint density at radius 3 is 3.08 bits per heavy atom. The molecule has 25 heavy (non-hydrogen) atoms. The number of aromatic amines is 1. The van der Waals surface area contributed by atoms with Gasteiger partial charge in [-0.1, -0.05) is 12.1 Å². The van der Waals surface area contributed by atoms with Gasteiger partial charge in [0, 0.05) is 25.6 Å². The van der Waals surface area contributed by atoms with Crippen LogP contribution in [-0.4, -0.2) is 36.3 Å². The van der Waals surface area contributed by atoms with Crippen molar-refractivity contribution in [2.75, 3.05) is 30.4 Å². The molecular formula is C18H22N4O3. The predicted molar refractivity (Wildman–Crippen MR) is 96.0 cm³/mol. The number of methoxy groups -OCH3 is 1. The third kappa shape index (κ3) is 4.37. The predicted octanol–water partition coefficient (Wildman–Crippen LogP) is 2.02. The zero-order chi connectivity index (χ0) is 17.6. The number of piperidine rings is 1. The number of rotatable bonds is 5. The molecule has 0 spiro atoms. The summed E-state index contributed by atoms with van der Waals surface area (Å²) in [6, 6.07) is 8.91. The van der Waals surface area contributed by atoms with Crippen molar-refractivity contribution in [3.8, 4) is 5.75 Å². The summed E-state index contributed by atoms with van der Waals surface area (Å²) in [5, 5.41) is 9.15. The molecule has 1 aromatic heterocycles. The van der Waals surface area contributed by atoms with Crippen LogP contribution >= 0.6 is 0 Å². The van der Waals surface area contributed by atoms with Gasteiger partial charge in [-0.15, -0.1) is 0 Å². The van der Waals surface area contributed by atoms with Gasteiger partial charge >= 0.3 is 0 Å². The van der Waals surface area contributed by atoms with E-state index in [1.807, 2.05) is 24.3 Å². The molecule has 3 rings (SSSR count). The Kier molecular flexibility index (Phi) is 5.33. The first-order chi connectivity index (χ1) is 12.2. The number of ether oxygens (including phenoxy) is 1. The summed E-state index contributed by atoms with van der Waals surface area (Å²) in [6.45, 7) is 1.61. The van der Waals surface area contributed by atoms with Gasteiger partial charge in [0.2, 0.25) is 5.91 Å². The van der Waals surface area contributed by atoms with Gasteiger partial charge in [0.1, 0.15) is 5.75 Å².